The van der Waals surface area contributed by atoms with E-state index in [0.717, 1.165) is 30.2 Å². The molecule has 1 aromatic rings. The number of hydrogen-bond acceptors (Lipinski definition) is 7. The first-order valence-corrected chi connectivity index (χ1v) is 9.75. The third kappa shape index (κ3) is 3.62. The molecule has 0 spiro atoms. The maximum absolute atomic E-state index is 11.5. The van der Waals surface area contributed by atoms with E-state index in [4.69, 9.17) is 9.47 Å². The van der Waals surface area contributed by atoms with Gasteiger partial charge in [-0.3, -0.25) is 5.43 Å². The SMILES string of the molecule is Cl.O=S1(=O)CCC(NCC2CNNC2c2ccc3c(c2)OCO3)C1. The zero-order valence-electron chi connectivity index (χ0n) is 13.2. The molecule has 1 aromatic carbocycles. The molecule has 0 amide bonds. The average molecular weight is 376 g/mol. The Kier molecular flexibility index (Phi) is 5.22. The van der Waals surface area contributed by atoms with Gasteiger partial charge in [0.15, 0.2) is 21.3 Å². The van der Waals surface area contributed by atoms with Gasteiger partial charge in [0.25, 0.3) is 0 Å². The maximum Gasteiger partial charge on any atom is 0.231 e. The van der Waals surface area contributed by atoms with Crippen LogP contribution >= 0.6 is 12.4 Å². The summed E-state index contributed by atoms with van der Waals surface area (Å²) in [6.45, 7) is 1.89. The number of halogens is 1. The van der Waals surface area contributed by atoms with Crippen LogP contribution in [0.4, 0.5) is 0 Å². The Morgan fingerprint density at radius 2 is 2.08 bits per heavy atom. The number of sulfone groups is 1. The average Bonchev–Trinajstić information content (AvgIpc) is 3.23. The van der Waals surface area contributed by atoms with Crippen molar-refractivity contribution in [1.82, 2.24) is 16.2 Å². The molecule has 134 valence electrons. The summed E-state index contributed by atoms with van der Waals surface area (Å²) in [5.41, 5.74) is 7.64. The molecule has 3 unspecified atom stereocenters. The van der Waals surface area contributed by atoms with Gasteiger partial charge in [0.1, 0.15) is 0 Å². The quantitative estimate of drug-likeness (QED) is 0.701. The fraction of sp³-hybridized carbons (Fsp3) is 0.600. The number of hydrazine groups is 1. The topological polar surface area (TPSA) is 88.7 Å². The number of nitrogens with one attached hydrogen (secondary N) is 3. The zero-order chi connectivity index (χ0) is 15.9. The fourth-order valence-corrected chi connectivity index (χ4v) is 5.17. The highest BCUT2D eigenvalue weighted by molar-refractivity contribution is 7.91. The van der Waals surface area contributed by atoms with E-state index >= 15 is 0 Å². The van der Waals surface area contributed by atoms with Gasteiger partial charge < -0.3 is 14.8 Å². The second-order valence-electron chi connectivity index (χ2n) is 6.38. The van der Waals surface area contributed by atoms with Crippen LogP contribution in [-0.2, 0) is 9.84 Å². The highest BCUT2D eigenvalue weighted by atomic mass is 35.5. The predicted molar refractivity (Wildman–Crippen MR) is 92.2 cm³/mol. The monoisotopic (exact) mass is 375 g/mol. The Labute approximate surface area is 147 Å². The normalized spacial score (nSPS) is 30.2. The van der Waals surface area contributed by atoms with Crippen molar-refractivity contribution in [3.05, 3.63) is 23.8 Å². The number of ether oxygens (including phenoxy) is 2. The number of fused-ring (bicyclic) bond motifs is 1. The standard InChI is InChI=1S/C15H21N3O4S.ClH/c19-23(20)4-3-12(8-23)16-6-11-7-17-18-15(11)10-1-2-13-14(5-10)22-9-21-13;/h1-2,5,11-12,15-18H,3-4,6-9H2;1H. The van der Waals surface area contributed by atoms with E-state index in [9.17, 15) is 8.42 Å². The van der Waals surface area contributed by atoms with Gasteiger partial charge in [-0.15, -0.1) is 12.4 Å². The lowest BCUT2D eigenvalue weighted by atomic mass is 9.94. The first kappa shape index (κ1) is 17.8. The minimum Gasteiger partial charge on any atom is -0.454 e. The molecular weight excluding hydrogens is 354 g/mol. The molecule has 0 radical (unpaired) electrons. The van der Waals surface area contributed by atoms with Crippen molar-refractivity contribution in [2.75, 3.05) is 31.4 Å². The molecule has 3 aliphatic heterocycles. The molecular formula is C15H22ClN3O4S. The Hall–Kier alpha value is -1.06. The molecule has 3 heterocycles. The van der Waals surface area contributed by atoms with Crippen LogP contribution in [0.25, 0.3) is 0 Å². The van der Waals surface area contributed by atoms with Gasteiger partial charge in [-0.2, -0.15) is 0 Å². The molecule has 9 heteroatoms. The van der Waals surface area contributed by atoms with E-state index in [1.54, 1.807) is 0 Å². The van der Waals surface area contributed by atoms with Gasteiger partial charge in [-0.05, 0) is 24.1 Å². The number of hydrogen-bond donors (Lipinski definition) is 3. The molecule has 2 saturated heterocycles. The van der Waals surface area contributed by atoms with Crippen molar-refractivity contribution in [2.24, 2.45) is 5.92 Å². The second kappa shape index (κ2) is 7.05. The van der Waals surface area contributed by atoms with Crippen molar-refractivity contribution < 1.29 is 17.9 Å². The molecule has 0 saturated carbocycles. The highest BCUT2D eigenvalue weighted by Gasteiger charge is 2.32. The van der Waals surface area contributed by atoms with Crippen LogP contribution in [0.1, 0.15) is 18.0 Å². The van der Waals surface area contributed by atoms with Gasteiger partial charge in [-0.1, -0.05) is 6.07 Å². The number of rotatable bonds is 4. The minimum atomic E-state index is -2.84. The van der Waals surface area contributed by atoms with Crippen LogP contribution in [0.3, 0.4) is 0 Å². The van der Waals surface area contributed by atoms with E-state index in [0.29, 0.717) is 18.1 Å². The van der Waals surface area contributed by atoms with E-state index in [-0.39, 0.29) is 37.0 Å². The molecule has 3 atom stereocenters. The van der Waals surface area contributed by atoms with Crippen molar-refractivity contribution in [2.45, 2.75) is 18.5 Å². The summed E-state index contributed by atoms with van der Waals surface area (Å²) in [4.78, 5) is 0. The summed E-state index contributed by atoms with van der Waals surface area (Å²) in [7, 11) is -2.84. The molecule has 2 fully saturated rings. The smallest absolute Gasteiger partial charge is 0.231 e. The Balaban J connectivity index is 0.00000169. The summed E-state index contributed by atoms with van der Waals surface area (Å²) in [6, 6.07) is 6.24. The minimum absolute atomic E-state index is 0. The van der Waals surface area contributed by atoms with Crippen LogP contribution in [0.15, 0.2) is 18.2 Å². The highest BCUT2D eigenvalue weighted by Crippen LogP contribution is 2.36. The molecule has 3 aliphatic rings. The maximum atomic E-state index is 11.5. The third-order valence-corrected chi connectivity index (χ3v) is 6.52. The van der Waals surface area contributed by atoms with E-state index in [1.165, 1.54) is 0 Å². The van der Waals surface area contributed by atoms with Gasteiger partial charge in [0.05, 0.1) is 17.5 Å². The van der Waals surface area contributed by atoms with Gasteiger partial charge in [0, 0.05) is 25.0 Å². The van der Waals surface area contributed by atoms with Crippen LogP contribution in [0, 0.1) is 5.92 Å². The first-order chi connectivity index (χ1) is 11.1. The van der Waals surface area contributed by atoms with Gasteiger partial charge in [-0.25, -0.2) is 13.8 Å². The first-order valence-electron chi connectivity index (χ1n) is 7.92. The Morgan fingerprint density at radius 1 is 1.25 bits per heavy atom. The largest absolute Gasteiger partial charge is 0.454 e. The second-order valence-corrected chi connectivity index (χ2v) is 8.61. The molecule has 3 N–H and O–H groups in total. The lowest BCUT2D eigenvalue weighted by Crippen LogP contribution is -2.36. The zero-order valence-corrected chi connectivity index (χ0v) is 14.8. The van der Waals surface area contributed by atoms with Crippen molar-refractivity contribution in [1.29, 1.82) is 0 Å². The Morgan fingerprint density at radius 3 is 2.88 bits per heavy atom. The molecule has 7 nitrogen and oxygen atoms in total. The van der Waals surface area contributed by atoms with Crippen LogP contribution in [-0.4, -0.2) is 45.8 Å². The van der Waals surface area contributed by atoms with E-state index < -0.39 is 9.84 Å². The third-order valence-electron chi connectivity index (χ3n) is 4.75. The van der Waals surface area contributed by atoms with Gasteiger partial charge in [0.2, 0.25) is 6.79 Å². The van der Waals surface area contributed by atoms with Gasteiger partial charge >= 0.3 is 0 Å². The summed E-state index contributed by atoms with van der Waals surface area (Å²) in [6.07, 6.45) is 0.713. The van der Waals surface area contributed by atoms with Crippen molar-refractivity contribution in [3.8, 4) is 11.5 Å². The molecule has 24 heavy (non-hydrogen) atoms. The summed E-state index contributed by atoms with van der Waals surface area (Å²) < 4.78 is 33.9. The molecule has 4 rings (SSSR count). The summed E-state index contributed by atoms with van der Waals surface area (Å²) in [5, 5.41) is 3.42. The molecule has 0 aromatic heterocycles. The van der Waals surface area contributed by atoms with Crippen LogP contribution < -0.4 is 25.6 Å². The summed E-state index contributed by atoms with van der Waals surface area (Å²) >= 11 is 0. The predicted octanol–water partition coefficient (Wildman–Crippen LogP) is 0.379. The van der Waals surface area contributed by atoms with Crippen LogP contribution in [0.5, 0.6) is 11.5 Å². The lowest BCUT2D eigenvalue weighted by Gasteiger charge is -2.21. The fourth-order valence-electron chi connectivity index (χ4n) is 3.46. The number of benzene rings is 1. The molecule has 0 aliphatic carbocycles. The van der Waals surface area contributed by atoms with E-state index in [1.807, 2.05) is 18.2 Å². The lowest BCUT2D eigenvalue weighted by molar-refractivity contribution is 0.174. The van der Waals surface area contributed by atoms with Crippen LogP contribution in [0.2, 0.25) is 0 Å². The van der Waals surface area contributed by atoms with Crippen molar-refractivity contribution >= 4 is 22.2 Å². The van der Waals surface area contributed by atoms with Crippen molar-refractivity contribution in [3.63, 3.8) is 0 Å². The summed E-state index contributed by atoms with van der Waals surface area (Å²) in [5.74, 6) is 2.47. The van der Waals surface area contributed by atoms with E-state index in [2.05, 4.69) is 16.2 Å². The molecule has 0 bridgehead atoms. The Bertz CT molecular complexity index is 700.